The predicted octanol–water partition coefficient (Wildman–Crippen LogP) is 2.17. The number of likely N-dealkylation sites (tertiary alicyclic amines) is 1. The van der Waals surface area contributed by atoms with Gasteiger partial charge in [-0.25, -0.2) is 0 Å². The second-order valence-corrected chi connectivity index (χ2v) is 7.58. The SMILES string of the molecule is CCc1c(C)nn(CC(=O)N2CC[C@H](c3ccc4c(c3)OCO4)[C@@H](O)C2)c1C. The van der Waals surface area contributed by atoms with Gasteiger partial charge in [-0.15, -0.1) is 0 Å². The second kappa shape index (κ2) is 7.47. The van der Waals surface area contributed by atoms with Crippen LogP contribution in [0.5, 0.6) is 11.5 Å². The topological polar surface area (TPSA) is 76.8 Å². The molecule has 0 saturated carbocycles. The first-order valence-electron chi connectivity index (χ1n) is 9.86. The monoisotopic (exact) mass is 385 g/mol. The molecule has 2 aliphatic heterocycles. The first kappa shape index (κ1) is 18.8. The molecule has 1 fully saturated rings. The lowest BCUT2D eigenvalue weighted by atomic mass is 9.87. The van der Waals surface area contributed by atoms with E-state index < -0.39 is 6.10 Å². The Hall–Kier alpha value is -2.54. The Morgan fingerprint density at radius 2 is 2.07 bits per heavy atom. The highest BCUT2D eigenvalue weighted by atomic mass is 16.7. The van der Waals surface area contributed by atoms with E-state index >= 15 is 0 Å². The van der Waals surface area contributed by atoms with E-state index in [9.17, 15) is 9.90 Å². The fourth-order valence-corrected chi connectivity index (χ4v) is 4.32. The average molecular weight is 385 g/mol. The first-order chi connectivity index (χ1) is 13.5. The summed E-state index contributed by atoms with van der Waals surface area (Å²) in [4.78, 5) is 14.5. The molecule has 3 heterocycles. The van der Waals surface area contributed by atoms with Gasteiger partial charge in [0, 0.05) is 24.7 Å². The van der Waals surface area contributed by atoms with Crippen LogP contribution in [0.15, 0.2) is 18.2 Å². The molecule has 0 bridgehead atoms. The van der Waals surface area contributed by atoms with Crippen LogP contribution >= 0.6 is 0 Å². The number of amides is 1. The molecule has 1 amide bonds. The van der Waals surface area contributed by atoms with Crippen molar-refractivity contribution in [3.05, 3.63) is 40.7 Å². The quantitative estimate of drug-likeness (QED) is 0.873. The van der Waals surface area contributed by atoms with Gasteiger partial charge in [-0.1, -0.05) is 13.0 Å². The lowest BCUT2D eigenvalue weighted by molar-refractivity contribution is -0.135. The Balaban J connectivity index is 1.42. The summed E-state index contributed by atoms with van der Waals surface area (Å²) in [6, 6.07) is 5.80. The van der Waals surface area contributed by atoms with Gasteiger partial charge >= 0.3 is 0 Å². The van der Waals surface area contributed by atoms with Gasteiger partial charge in [0.15, 0.2) is 11.5 Å². The largest absolute Gasteiger partial charge is 0.454 e. The summed E-state index contributed by atoms with van der Waals surface area (Å²) >= 11 is 0. The lowest BCUT2D eigenvalue weighted by Crippen LogP contribution is -2.46. The third-order valence-corrected chi connectivity index (χ3v) is 5.93. The number of hydrogen-bond acceptors (Lipinski definition) is 5. The van der Waals surface area contributed by atoms with Crippen molar-refractivity contribution in [1.82, 2.24) is 14.7 Å². The molecule has 7 heteroatoms. The van der Waals surface area contributed by atoms with Gasteiger partial charge in [0.1, 0.15) is 6.54 Å². The van der Waals surface area contributed by atoms with Crippen molar-refractivity contribution in [3.63, 3.8) is 0 Å². The molecule has 0 spiro atoms. The highest BCUT2D eigenvalue weighted by molar-refractivity contribution is 5.76. The highest BCUT2D eigenvalue weighted by Crippen LogP contribution is 2.37. The number of aryl methyl sites for hydroxylation is 1. The number of benzene rings is 1. The van der Waals surface area contributed by atoms with Crippen LogP contribution < -0.4 is 9.47 Å². The molecule has 28 heavy (non-hydrogen) atoms. The molecule has 4 rings (SSSR count). The van der Waals surface area contributed by atoms with Crippen LogP contribution in [-0.4, -0.2) is 51.7 Å². The standard InChI is InChI=1S/C21H27N3O4/c1-4-16-13(2)22-24(14(16)3)11-21(26)23-8-7-17(18(25)10-23)15-5-6-19-20(9-15)28-12-27-19/h5-6,9,17-18,25H,4,7-8,10-12H2,1-3H3/t17-,18+/m1/s1. The number of β-amino-alcohol motifs (C(OH)–C–C–N with tert-alkyl or cyclic N) is 1. The van der Waals surface area contributed by atoms with Gasteiger partial charge in [0.05, 0.1) is 11.8 Å². The lowest BCUT2D eigenvalue weighted by Gasteiger charge is -2.36. The van der Waals surface area contributed by atoms with Crippen LogP contribution in [-0.2, 0) is 17.8 Å². The van der Waals surface area contributed by atoms with Gasteiger partial charge in [0.25, 0.3) is 0 Å². The number of piperidine rings is 1. The third-order valence-electron chi connectivity index (χ3n) is 5.93. The van der Waals surface area contributed by atoms with Crippen molar-refractivity contribution in [1.29, 1.82) is 0 Å². The van der Waals surface area contributed by atoms with E-state index in [1.165, 1.54) is 5.56 Å². The molecular formula is C21H27N3O4. The molecule has 0 radical (unpaired) electrons. The number of aliphatic hydroxyl groups excluding tert-OH is 1. The minimum atomic E-state index is -0.607. The Bertz CT molecular complexity index is 892. The molecule has 0 aliphatic carbocycles. The third kappa shape index (κ3) is 3.35. The molecule has 1 saturated heterocycles. The van der Waals surface area contributed by atoms with Gasteiger partial charge in [0.2, 0.25) is 12.7 Å². The summed E-state index contributed by atoms with van der Waals surface area (Å²) < 4.78 is 12.6. The van der Waals surface area contributed by atoms with Crippen LogP contribution in [0.4, 0.5) is 0 Å². The number of aromatic nitrogens is 2. The summed E-state index contributed by atoms with van der Waals surface area (Å²) in [5.74, 6) is 1.44. The van der Waals surface area contributed by atoms with Gasteiger partial charge in [-0.3, -0.25) is 9.48 Å². The van der Waals surface area contributed by atoms with E-state index in [0.29, 0.717) is 19.5 Å². The van der Waals surface area contributed by atoms with E-state index in [1.807, 2.05) is 32.0 Å². The smallest absolute Gasteiger partial charge is 0.244 e. The Morgan fingerprint density at radius 3 is 2.79 bits per heavy atom. The molecule has 1 aromatic heterocycles. The van der Waals surface area contributed by atoms with Crippen LogP contribution in [0.1, 0.15) is 41.8 Å². The van der Waals surface area contributed by atoms with Crippen LogP contribution in [0, 0.1) is 13.8 Å². The number of carbonyl (C=O) groups is 1. The van der Waals surface area contributed by atoms with E-state index in [4.69, 9.17) is 9.47 Å². The summed E-state index contributed by atoms with van der Waals surface area (Å²) in [6.07, 6.45) is 1.01. The molecule has 2 aliphatic rings. The van der Waals surface area contributed by atoms with Crippen LogP contribution in [0.3, 0.4) is 0 Å². The zero-order valence-electron chi connectivity index (χ0n) is 16.6. The number of nitrogens with zero attached hydrogens (tertiary/aromatic N) is 3. The Kier molecular flexibility index (Phi) is 5.02. The van der Waals surface area contributed by atoms with Crippen molar-refractivity contribution in [2.75, 3.05) is 19.9 Å². The van der Waals surface area contributed by atoms with Gasteiger partial charge in [-0.05, 0) is 49.9 Å². The number of ether oxygens (including phenoxy) is 2. The number of rotatable bonds is 4. The molecule has 2 aromatic rings. The average Bonchev–Trinajstić information content (AvgIpc) is 3.25. The van der Waals surface area contributed by atoms with Gasteiger partial charge in [-0.2, -0.15) is 5.10 Å². The number of hydrogen-bond donors (Lipinski definition) is 1. The molecule has 1 N–H and O–H groups in total. The summed E-state index contributed by atoms with van der Waals surface area (Å²) in [5.41, 5.74) is 4.25. The number of carbonyl (C=O) groups excluding carboxylic acids is 1. The Morgan fingerprint density at radius 1 is 1.29 bits per heavy atom. The minimum Gasteiger partial charge on any atom is -0.454 e. The van der Waals surface area contributed by atoms with Crippen molar-refractivity contribution in [2.45, 2.75) is 52.2 Å². The number of aliphatic hydroxyl groups is 1. The van der Waals surface area contributed by atoms with E-state index in [1.54, 1.807) is 9.58 Å². The molecule has 0 unspecified atom stereocenters. The molecule has 1 aromatic carbocycles. The maximum Gasteiger partial charge on any atom is 0.244 e. The van der Waals surface area contributed by atoms with Crippen LogP contribution in [0.2, 0.25) is 0 Å². The minimum absolute atomic E-state index is 0.00330. The fourth-order valence-electron chi connectivity index (χ4n) is 4.32. The highest BCUT2D eigenvalue weighted by Gasteiger charge is 2.32. The predicted molar refractivity (Wildman–Crippen MR) is 104 cm³/mol. The summed E-state index contributed by atoms with van der Waals surface area (Å²) in [5, 5.41) is 15.2. The van der Waals surface area contributed by atoms with Crippen molar-refractivity contribution < 1.29 is 19.4 Å². The van der Waals surface area contributed by atoms with Crippen molar-refractivity contribution >= 4 is 5.91 Å². The molecule has 150 valence electrons. The molecular weight excluding hydrogens is 358 g/mol. The summed E-state index contributed by atoms with van der Waals surface area (Å²) in [7, 11) is 0. The number of fused-ring (bicyclic) bond motifs is 1. The zero-order valence-corrected chi connectivity index (χ0v) is 16.6. The zero-order chi connectivity index (χ0) is 19.8. The Labute approximate surface area is 164 Å². The van der Waals surface area contributed by atoms with E-state index in [2.05, 4.69) is 12.0 Å². The fraction of sp³-hybridized carbons (Fsp3) is 0.524. The molecule has 7 nitrogen and oxygen atoms in total. The first-order valence-corrected chi connectivity index (χ1v) is 9.86. The van der Waals surface area contributed by atoms with Gasteiger partial charge < -0.3 is 19.5 Å². The normalized spacial score (nSPS) is 21.2. The second-order valence-electron chi connectivity index (χ2n) is 7.58. The summed E-state index contributed by atoms with van der Waals surface area (Å²) in [6.45, 7) is 7.49. The van der Waals surface area contributed by atoms with Crippen molar-refractivity contribution in [2.24, 2.45) is 0 Å². The van der Waals surface area contributed by atoms with Crippen LogP contribution in [0.25, 0.3) is 0 Å². The van der Waals surface area contributed by atoms with E-state index in [-0.39, 0.29) is 25.2 Å². The molecule has 2 atom stereocenters. The maximum atomic E-state index is 12.8. The van der Waals surface area contributed by atoms with E-state index in [0.717, 1.165) is 34.9 Å². The maximum absolute atomic E-state index is 12.8. The van der Waals surface area contributed by atoms with Crippen molar-refractivity contribution in [3.8, 4) is 11.5 Å².